The number of hydrogen-bond acceptors (Lipinski definition) is 3. The van der Waals surface area contributed by atoms with Gasteiger partial charge in [-0.05, 0) is 36.6 Å². The fraction of sp³-hybridized carbons (Fsp3) is 0.364. The predicted octanol–water partition coefficient (Wildman–Crippen LogP) is 5.09. The topological polar surface area (TPSA) is 49.4 Å². The molecule has 0 radical (unpaired) electrons. The summed E-state index contributed by atoms with van der Waals surface area (Å²) in [6, 6.07) is 13.0. The van der Waals surface area contributed by atoms with E-state index in [-0.39, 0.29) is 17.6 Å². The summed E-state index contributed by atoms with van der Waals surface area (Å²) in [5.41, 5.74) is 3.16. The monoisotopic (exact) mass is 452 g/mol. The molecule has 0 aliphatic rings. The Hall–Kier alpha value is -1.69. The maximum Gasteiger partial charge on any atom is 0.242 e. The largest absolute Gasteiger partial charge is 0.357 e. The molecule has 0 spiro atoms. The SMILES string of the molecule is CC[C@@H](C(=O)NC)N(Cc1ccc(C)cc1)C(=O)CSCc1ccc(Cl)c(Cl)c1. The molecule has 0 bridgehead atoms. The standard InChI is InChI=1S/C22H26Cl2N2O2S/c1-4-20(22(28)25-3)26(12-16-7-5-15(2)6-8-16)21(27)14-29-13-17-9-10-18(23)19(24)11-17/h5-11,20H,4,12-14H2,1-3H3,(H,25,28)/t20-/m0/s1. The molecule has 1 N–H and O–H groups in total. The molecule has 0 aliphatic carbocycles. The minimum atomic E-state index is -0.501. The van der Waals surface area contributed by atoms with Crippen LogP contribution in [0, 0.1) is 6.92 Å². The van der Waals surface area contributed by atoms with Crippen molar-refractivity contribution in [2.45, 2.75) is 38.6 Å². The van der Waals surface area contributed by atoms with Gasteiger partial charge in [-0.3, -0.25) is 9.59 Å². The average molecular weight is 453 g/mol. The highest BCUT2D eigenvalue weighted by molar-refractivity contribution is 7.99. The van der Waals surface area contributed by atoms with Crippen LogP contribution < -0.4 is 5.32 Å². The van der Waals surface area contributed by atoms with Crippen molar-refractivity contribution in [2.24, 2.45) is 0 Å². The van der Waals surface area contributed by atoms with Gasteiger partial charge in [0.15, 0.2) is 0 Å². The van der Waals surface area contributed by atoms with Gasteiger partial charge in [-0.2, -0.15) is 0 Å². The number of benzene rings is 2. The van der Waals surface area contributed by atoms with E-state index >= 15 is 0 Å². The second-order valence-corrected chi connectivity index (χ2v) is 8.59. The van der Waals surface area contributed by atoms with Crippen molar-refractivity contribution in [3.8, 4) is 0 Å². The Morgan fingerprint density at radius 2 is 1.72 bits per heavy atom. The molecule has 4 nitrogen and oxygen atoms in total. The Labute approximate surface area is 187 Å². The van der Waals surface area contributed by atoms with E-state index in [1.54, 1.807) is 18.0 Å². The molecule has 0 saturated carbocycles. The third-order valence-electron chi connectivity index (χ3n) is 4.58. The Morgan fingerprint density at radius 1 is 1.07 bits per heavy atom. The normalized spacial score (nSPS) is 11.8. The highest BCUT2D eigenvalue weighted by atomic mass is 35.5. The first-order valence-corrected chi connectivity index (χ1v) is 11.3. The van der Waals surface area contributed by atoms with Gasteiger partial charge in [-0.15, -0.1) is 11.8 Å². The Morgan fingerprint density at radius 3 is 2.31 bits per heavy atom. The van der Waals surface area contributed by atoms with Gasteiger partial charge in [-0.1, -0.05) is 66.0 Å². The van der Waals surface area contributed by atoms with Crippen molar-refractivity contribution in [3.05, 3.63) is 69.2 Å². The number of likely N-dealkylation sites (N-methyl/N-ethyl adjacent to an activating group) is 1. The maximum absolute atomic E-state index is 13.0. The molecule has 0 unspecified atom stereocenters. The van der Waals surface area contributed by atoms with Gasteiger partial charge in [0.05, 0.1) is 15.8 Å². The van der Waals surface area contributed by atoms with E-state index in [9.17, 15) is 9.59 Å². The first kappa shape index (κ1) is 23.6. The van der Waals surface area contributed by atoms with Gasteiger partial charge in [-0.25, -0.2) is 0 Å². The van der Waals surface area contributed by atoms with Gasteiger partial charge in [0.2, 0.25) is 11.8 Å². The molecular formula is C22H26Cl2N2O2S. The lowest BCUT2D eigenvalue weighted by Crippen LogP contribution is -2.48. The number of nitrogens with zero attached hydrogens (tertiary/aromatic N) is 1. The summed E-state index contributed by atoms with van der Waals surface area (Å²) >= 11 is 13.5. The molecule has 2 aromatic rings. The first-order chi connectivity index (χ1) is 13.8. The molecule has 0 aliphatic heterocycles. The van der Waals surface area contributed by atoms with E-state index in [2.05, 4.69) is 5.32 Å². The highest BCUT2D eigenvalue weighted by Gasteiger charge is 2.27. The zero-order chi connectivity index (χ0) is 21.4. The average Bonchev–Trinajstić information content (AvgIpc) is 2.71. The van der Waals surface area contributed by atoms with Gasteiger partial charge in [0.25, 0.3) is 0 Å². The van der Waals surface area contributed by atoms with Crippen molar-refractivity contribution in [3.63, 3.8) is 0 Å². The van der Waals surface area contributed by atoms with Crippen LogP contribution in [0.5, 0.6) is 0 Å². The zero-order valence-corrected chi connectivity index (χ0v) is 19.2. The predicted molar refractivity (Wildman–Crippen MR) is 122 cm³/mol. The molecule has 29 heavy (non-hydrogen) atoms. The molecule has 156 valence electrons. The van der Waals surface area contributed by atoms with Crippen LogP contribution in [0.3, 0.4) is 0 Å². The Bertz CT molecular complexity index is 843. The minimum Gasteiger partial charge on any atom is -0.357 e. The molecule has 2 aromatic carbocycles. The number of nitrogens with one attached hydrogen (secondary N) is 1. The minimum absolute atomic E-state index is 0.0638. The zero-order valence-electron chi connectivity index (χ0n) is 16.9. The van der Waals surface area contributed by atoms with Crippen LogP contribution in [-0.2, 0) is 21.9 Å². The highest BCUT2D eigenvalue weighted by Crippen LogP contribution is 2.25. The van der Waals surface area contributed by atoms with Crippen LogP contribution >= 0.6 is 35.0 Å². The fourth-order valence-corrected chi connectivity index (χ4v) is 4.12. The molecule has 0 saturated heterocycles. The van der Waals surface area contributed by atoms with Crippen LogP contribution in [0.4, 0.5) is 0 Å². The van der Waals surface area contributed by atoms with Crippen LogP contribution in [0.25, 0.3) is 0 Å². The summed E-state index contributed by atoms with van der Waals surface area (Å²) in [6.07, 6.45) is 0.550. The van der Waals surface area contributed by atoms with Crippen molar-refractivity contribution < 1.29 is 9.59 Å². The van der Waals surface area contributed by atoms with Gasteiger partial charge in [0, 0.05) is 19.3 Å². The quantitative estimate of drug-likeness (QED) is 0.576. The number of aryl methyl sites for hydroxylation is 1. The Kier molecular flexibility index (Phi) is 9.34. The third-order valence-corrected chi connectivity index (χ3v) is 6.31. The summed E-state index contributed by atoms with van der Waals surface area (Å²) in [5, 5.41) is 3.69. The van der Waals surface area contributed by atoms with Crippen molar-refractivity contribution in [2.75, 3.05) is 12.8 Å². The lowest BCUT2D eigenvalue weighted by molar-refractivity contribution is -0.139. The third kappa shape index (κ3) is 6.95. The maximum atomic E-state index is 13.0. The molecular weight excluding hydrogens is 427 g/mol. The summed E-state index contributed by atoms with van der Waals surface area (Å²) in [4.78, 5) is 27.1. The van der Waals surface area contributed by atoms with Crippen molar-refractivity contribution >= 4 is 46.8 Å². The van der Waals surface area contributed by atoms with Gasteiger partial charge in [0.1, 0.15) is 6.04 Å². The van der Waals surface area contributed by atoms with Crippen LogP contribution in [0.1, 0.15) is 30.0 Å². The number of carbonyl (C=O) groups excluding carboxylic acids is 2. The summed E-state index contributed by atoms with van der Waals surface area (Å²) in [5.74, 6) is 0.700. The number of thioether (sulfide) groups is 1. The van der Waals surface area contributed by atoms with E-state index in [0.29, 0.717) is 28.8 Å². The molecule has 0 fully saturated rings. The van der Waals surface area contributed by atoms with E-state index < -0.39 is 6.04 Å². The van der Waals surface area contributed by atoms with E-state index in [1.165, 1.54) is 11.8 Å². The molecule has 2 rings (SSSR count). The Balaban J connectivity index is 2.08. The summed E-state index contributed by atoms with van der Waals surface area (Å²) < 4.78 is 0. The lowest BCUT2D eigenvalue weighted by atomic mass is 10.1. The van der Waals surface area contributed by atoms with Crippen LogP contribution in [0.2, 0.25) is 10.0 Å². The van der Waals surface area contributed by atoms with E-state index in [0.717, 1.165) is 16.7 Å². The molecule has 2 amide bonds. The molecule has 0 aromatic heterocycles. The smallest absolute Gasteiger partial charge is 0.242 e. The second-order valence-electron chi connectivity index (χ2n) is 6.79. The van der Waals surface area contributed by atoms with Crippen molar-refractivity contribution in [1.29, 1.82) is 0 Å². The number of carbonyl (C=O) groups is 2. The number of halogens is 2. The van der Waals surface area contributed by atoms with E-state index in [1.807, 2.05) is 50.2 Å². The van der Waals surface area contributed by atoms with Gasteiger partial charge < -0.3 is 10.2 Å². The van der Waals surface area contributed by atoms with Crippen LogP contribution in [-0.4, -0.2) is 35.6 Å². The molecule has 1 atom stereocenters. The number of hydrogen-bond donors (Lipinski definition) is 1. The number of amides is 2. The molecule has 7 heteroatoms. The van der Waals surface area contributed by atoms with Gasteiger partial charge >= 0.3 is 0 Å². The van der Waals surface area contributed by atoms with Crippen LogP contribution in [0.15, 0.2) is 42.5 Å². The van der Waals surface area contributed by atoms with Crippen molar-refractivity contribution in [1.82, 2.24) is 10.2 Å². The first-order valence-electron chi connectivity index (χ1n) is 9.44. The lowest BCUT2D eigenvalue weighted by Gasteiger charge is -2.30. The summed E-state index contributed by atoms with van der Waals surface area (Å²) in [6.45, 7) is 4.34. The molecule has 0 heterocycles. The number of rotatable bonds is 9. The second kappa shape index (κ2) is 11.5. The fourth-order valence-electron chi connectivity index (χ4n) is 2.94. The van der Waals surface area contributed by atoms with E-state index in [4.69, 9.17) is 23.2 Å². The summed E-state index contributed by atoms with van der Waals surface area (Å²) in [7, 11) is 1.60.